The predicted octanol–water partition coefficient (Wildman–Crippen LogP) is 2.73. The first-order valence-electron chi connectivity index (χ1n) is 8.84. The number of amides is 1. The molecule has 0 fully saturated rings. The van der Waals surface area contributed by atoms with Gasteiger partial charge in [0.25, 0.3) is 5.91 Å². The Bertz CT molecular complexity index is 969. The molecule has 1 unspecified atom stereocenters. The third-order valence-electron chi connectivity index (χ3n) is 4.23. The number of aromatic nitrogens is 2. The monoisotopic (exact) mass is 394 g/mol. The SMILES string of the molecule is COc1ccc(/C=N/NC(=O)C(OC)c2ccc(-n3cccn3)cc2)cc1OC. The van der Waals surface area contributed by atoms with E-state index in [1.807, 2.05) is 36.5 Å². The van der Waals surface area contributed by atoms with Gasteiger partial charge in [-0.3, -0.25) is 4.79 Å². The summed E-state index contributed by atoms with van der Waals surface area (Å²) in [5, 5.41) is 8.19. The lowest BCUT2D eigenvalue weighted by molar-refractivity contribution is -0.131. The Kier molecular flexibility index (Phi) is 6.59. The zero-order valence-electron chi connectivity index (χ0n) is 16.4. The number of carbonyl (C=O) groups excluding carboxylic acids is 1. The lowest BCUT2D eigenvalue weighted by Gasteiger charge is -2.14. The minimum atomic E-state index is -0.788. The topological polar surface area (TPSA) is 87.0 Å². The highest BCUT2D eigenvalue weighted by atomic mass is 16.5. The Labute approximate surface area is 168 Å². The molecule has 1 atom stereocenters. The number of hydrogen-bond acceptors (Lipinski definition) is 6. The second-order valence-corrected chi connectivity index (χ2v) is 6.01. The van der Waals surface area contributed by atoms with Crippen molar-refractivity contribution in [2.45, 2.75) is 6.10 Å². The van der Waals surface area contributed by atoms with Crippen LogP contribution in [0.4, 0.5) is 0 Å². The molecule has 150 valence electrons. The molecule has 0 saturated carbocycles. The maximum Gasteiger partial charge on any atom is 0.273 e. The van der Waals surface area contributed by atoms with Gasteiger partial charge in [0.05, 0.1) is 26.1 Å². The molecule has 8 nitrogen and oxygen atoms in total. The van der Waals surface area contributed by atoms with E-state index in [1.165, 1.54) is 13.3 Å². The average molecular weight is 394 g/mol. The van der Waals surface area contributed by atoms with Crippen LogP contribution in [0.1, 0.15) is 17.2 Å². The van der Waals surface area contributed by atoms with E-state index in [9.17, 15) is 4.79 Å². The Hall–Kier alpha value is -3.65. The molecular weight excluding hydrogens is 372 g/mol. The van der Waals surface area contributed by atoms with E-state index >= 15 is 0 Å². The van der Waals surface area contributed by atoms with Gasteiger partial charge < -0.3 is 14.2 Å². The summed E-state index contributed by atoms with van der Waals surface area (Å²) in [6, 6.07) is 14.6. The molecule has 8 heteroatoms. The summed E-state index contributed by atoms with van der Waals surface area (Å²) in [4.78, 5) is 12.5. The second kappa shape index (κ2) is 9.52. The van der Waals surface area contributed by atoms with Gasteiger partial charge in [0.1, 0.15) is 0 Å². The first-order valence-corrected chi connectivity index (χ1v) is 8.84. The Morgan fingerprint density at radius 2 is 1.86 bits per heavy atom. The summed E-state index contributed by atoms with van der Waals surface area (Å²) >= 11 is 0. The normalized spacial score (nSPS) is 12.0. The minimum absolute atomic E-state index is 0.379. The van der Waals surface area contributed by atoms with E-state index in [4.69, 9.17) is 14.2 Å². The third-order valence-corrected chi connectivity index (χ3v) is 4.23. The quantitative estimate of drug-likeness (QED) is 0.469. The van der Waals surface area contributed by atoms with Crippen LogP contribution < -0.4 is 14.9 Å². The van der Waals surface area contributed by atoms with E-state index in [0.29, 0.717) is 17.1 Å². The fourth-order valence-electron chi connectivity index (χ4n) is 2.78. The van der Waals surface area contributed by atoms with Gasteiger partial charge >= 0.3 is 0 Å². The fourth-order valence-corrected chi connectivity index (χ4v) is 2.78. The van der Waals surface area contributed by atoms with Crippen LogP contribution in [0.15, 0.2) is 66.0 Å². The van der Waals surface area contributed by atoms with Crippen molar-refractivity contribution in [3.63, 3.8) is 0 Å². The van der Waals surface area contributed by atoms with Crippen molar-refractivity contribution in [1.82, 2.24) is 15.2 Å². The summed E-state index contributed by atoms with van der Waals surface area (Å²) in [6.45, 7) is 0. The molecular formula is C21H22N4O4. The number of rotatable bonds is 8. The number of nitrogens with one attached hydrogen (secondary N) is 1. The van der Waals surface area contributed by atoms with Gasteiger partial charge in [0, 0.05) is 19.5 Å². The lowest BCUT2D eigenvalue weighted by atomic mass is 10.1. The molecule has 1 heterocycles. The third kappa shape index (κ3) is 4.80. The second-order valence-electron chi connectivity index (χ2n) is 6.01. The first-order chi connectivity index (χ1) is 14.2. The molecule has 0 radical (unpaired) electrons. The highest BCUT2D eigenvalue weighted by Crippen LogP contribution is 2.26. The number of hydrogen-bond donors (Lipinski definition) is 1. The molecule has 0 saturated heterocycles. The standard InChI is InChI=1S/C21H22N4O4/c1-27-18-10-5-15(13-19(18)28-2)14-22-24-21(26)20(29-3)16-6-8-17(9-7-16)25-12-4-11-23-25/h4-14,20H,1-3H3,(H,24,26)/b22-14+. The van der Waals surface area contributed by atoms with Crippen LogP contribution in [0.25, 0.3) is 5.69 Å². The molecule has 0 aliphatic rings. The Morgan fingerprint density at radius 1 is 1.10 bits per heavy atom. The molecule has 1 N–H and O–H groups in total. The van der Waals surface area contributed by atoms with Gasteiger partial charge in [-0.25, -0.2) is 10.1 Å². The maximum atomic E-state index is 12.5. The van der Waals surface area contributed by atoms with Gasteiger partial charge in [0.2, 0.25) is 0 Å². The molecule has 0 spiro atoms. The lowest BCUT2D eigenvalue weighted by Crippen LogP contribution is -2.26. The minimum Gasteiger partial charge on any atom is -0.493 e. The number of nitrogens with zero attached hydrogens (tertiary/aromatic N) is 3. The Balaban J connectivity index is 1.66. The molecule has 2 aromatic carbocycles. The van der Waals surface area contributed by atoms with Gasteiger partial charge in [-0.2, -0.15) is 10.2 Å². The summed E-state index contributed by atoms with van der Waals surface area (Å²) in [5.74, 6) is 0.817. The highest BCUT2D eigenvalue weighted by Gasteiger charge is 2.19. The molecule has 3 aromatic rings. The van der Waals surface area contributed by atoms with Crippen LogP contribution in [-0.2, 0) is 9.53 Å². The van der Waals surface area contributed by atoms with Crippen LogP contribution in [0.2, 0.25) is 0 Å². The van der Waals surface area contributed by atoms with Gasteiger partial charge in [-0.1, -0.05) is 12.1 Å². The van der Waals surface area contributed by atoms with E-state index < -0.39 is 6.10 Å². The molecule has 0 aliphatic carbocycles. The maximum absolute atomic E-state index is 12.5. The molecule has 29 heavy (non-hydrogen) atoms. The fraction of sp³-hybridized carbons (Fsp3) is 0.190. The van der Waals surface area contributed by atoms with Crippen molar-refractivity contribution in [1.29, 1.82) is 0 Å². The molecule has 0 bridgehead atoms. The average Bonchev–Trinajstić information content (AvgIpc) is 3.29. The molecule has 1 amide bonds. The highest BCUT2D eigenvalue weighted by molar-refractivity contribution is 5.85. The van der Waals surface area contributed by atoms with Crippen LogP contribution in [0.5, 0.6) is 11.5 Å². The van der Waals surface area contributed by atoms with E-state index in [-0.39, 0.29) is 5.91 Å². The van der Waals surface area contributed by atoms with Crippen molar-refractivity contribution in [3.05, 3.63) is 72.1 Å². The van der Waals surface area contributed by atoms with Crippen molar-refractivity contribution < 1.29 is 19.0 Å². The number of benzene rings is 2. The molecule has 3 rings (SSSR count). The number of ether oxygens (including phenoxy) is 3. The van der Waals surface area contributed by atoms with E-state index in [2.05, 4.69) is 15.6 Å². The van der Waals surface area contributed by atoms with Crippen molar-refractivity contribution in [3.8, 4) is 17.2 Å². The van der Waals surface area contributed by atoms with Crippen LogP contribution >= 0.6 is 0 Å². The first kappa shape index (κ1) is 20.1. The van der Waals surface area contributed by atoms with Crippen molar-refractivity contribution in [2.75, 3.05) is 21.3 Å². The number of hydrazone groups is 1. The van der Waals surface area contributed by atoms with Crippen molar-refractivity contribution >= 4 is 12.1 Å². The molecule has 1 aromatic heterocycles. The summed E-state index contributed by atoms with van der Waals surface area (Å²) in [7, 11) is 4.60. The zero-order valence-corrected chi connectivity index (χ0v) is 16.4. The smallest absolute Gasteiger partial charge is 0.273 e. The van der Waals surface area contributed by atoms with E-state index in [0.717, 1.165) is 11.3 Å². The largest absolute Gasteiger partial charge is 0.493 e. The molecule has 0 aliphatic heterocycles. The number of methoxy groups -OCH3 is 3. The Morgan fingerprint density at radius 3 is 2.48 bits per heavy atom. The van der Waals surface area contributed by atoms with E-state index in [1.54, 1.807) is 43.3 Å². The summed E-state index contributed by atoms with van der Waals surface area (Å²) in [6.07, 6.45) is 4.28. The summed E-state index contributed by atoms with van der Waals surface area (Å²) in [5.41, 5.74) is 4.85. The van der Waals surface area contributed by atoms with Gasteiger partial charge in [-0.15, -0.1) is 0 Å². The van der Waals surface area contributed by atoms with Crippen LogP contribution in [-0.4, -0.2) is 43.2 Å². The van der Waals surface area contributed by atoms with Gasteiger partial charge in [0.15, 0.2) is 17.6 Å². The number of carbonyl (C=O) groups is 1. The van der Waals surface area contributed by atoms with Crippen LogP contribution in [0, 0.1) is 0 Å². The van der Waals surface area contributed by atoms with Crippen LogP contribution in [0.3, 0.4) is 0 Å². The summed E-state index contributed by atoms with van der Waals surface area (Å²) < 4.78 is 17.5. The van der Waals surface area contributed by atoms with Gasteiger partial charge in [-0.05, 0) is 47.5 Å². The predicted molar refractivity (Wildman–Crippen MR) is 109 cm³/mol. The zero-order chi connectivity index (χ0) is 20.6. The van der Waals surface area contributed by atoms with Crippen molar-refractivity contribution in [2.24, 2.45) is 5.10 Å².